The number of likely N-dealkylation sites (tertiary alicyclic amines) is 1. The van der Waals surface area contributed by atoms with Gasteiger partial charge in [-0.25, -0.2) is 0 Å². The normalized spacial score (nSPS) is 20.0. The molecular weight excluding hydrogens is 226 g/mol. The third-order valence-electron chi connectivity index (χ3n) is 3.33. The minimum absolute atomic E-state index is 0.875. The molecule has 1 aliphatic rings. The summed E-state index contributed by atoms with van der Waals surface area (Å²) < 4.78 is 0. The molecule has 1 heterocycles. The molecule has 17 heavy (non-hydrogen) atoms. The van der Waals surface area contributed by atoms with Gasteiger partial charge in [-0.2, -0.15) is 0 Å². The predicted octanol–water partition coefficient (Wildman–Crippen LogP) is 4.05. The van der Waals surface area contributed by atoms with Crippen LogP contribution in [0.1, 0.15) is 32.6 Å². The Kier molecular flexibility index (Phi) is 7.38. The number of nitrogens with zero attached hydrogens (tertiary/aromatic N) is 1. The monoisotopic (exact) mass is 251 g/mol. The lowest BCUT2D eigenvalue weighted by Gasteiger charge is -2.31. The van der Waals surface area contributed by atoms with E-state index in [1.54, 1.807) is 6.08 Å². The van der Waals surface area contributed by atoms with Crippen LogP contribution in [-0.4, -0.2) is 24.5 Å². The summed E-state index contributed by atoms with van der Waals surface area (Å²) in [5.41, 5.74) is 0. The first-order valence-corrected chi connectivity index (χ1v) is 7.11. The molecule has 1 rings (SSSR count). The highest BCUT2D eigenvalue weighted by Crippen LogP contribution is 2.20. The molecule has 0 saturated carbocycles. The van der Waals surface area contributed by atoms with E-state index >= 15 is 0 Å². The standard InChI is InChI=1S/C15H25NS/c1-3-11-16-12-9-14(10-13-16)7-5-6-8-15(17)4-2/h4-6,8,14,17H,2-3,7,9-13H2,1H3/b6-5-,15-8+. The van der Waals surface area contributed by atoms with Gasteiger partial charge in [-0.05, 0) is 57.3 Å². The van der Waals surface area contributed by atoms with E-state index in [9.17, 15) is 0 Å². The molecule has 0 atom stereocenters. The maximum Gasteiger partial charge on any atom is 0.00339 e. The van der Waals surface area contributed by atoms with E-state index in [1.807, 2.05) is 6.08 Å². The fourth-order valence-electron chi connectivity index (χ4n) is 2.27. The second kappa shape index (κ2) is 8.60. The maximum atomic E-state index is 4.25. The van der Waals surface area contributed by atoms with Crippen molar-refractivity contribution < 1.29 is 0 Å². The number of piperidine rings is 1. The van der Waals surface area contributed by atoms with Crippen LogP contribution in [0, 0.1) is 5.92 Å². The minimum Gasteiger partial charge on any atom is -0.303 e. The molecule has 0 N–H and O–H groups in total. The van der Waals surface area contributed by atoms with Crippen LogP contribution < -0.4 is 0 Å². The Hall–Kier alpha value is -0.470. The zero-order chi connectivity index (χ0) is 12.5. The molecule has 0 bridgehead atoms. The second-order valence-electron chi connectivity index (χ2n) is 4.74. The fraction of sp³-hybridized carbons (Fsp3) is 0.600. The molecule has 96 valence electrons. The summed E-state index contributed by atoms with van der Waals surface area (Å²) in [5, 5.41) is 0. The Labute approximate surface area is 112 Å². The van der Waals surface area contributed by atoms with Crippen molar-refractivity contribution in [1.29, 1.82) is 0 Å². The molecule has 1 saturated heterocycles. The van der Waals surface area contributed by atoms with Gasteiger partial charge < -0.3 is 4.90 Å². The lowest BCUT2D eigenvalue weighted by molar-refractivity contribution is 0.185. The summed E-state index contributed by atoms with van der Waals surface area (Å²) in [6.07, 6.45) is 13.3. The van der Waals surface area contributed by atoms with Crippen molar-refractivity contribution in [2.45, 2.75) is 32.6 Å². The summed E-state index contributed by atoms with van der Waals surface area (Å²) in [7, 11) is 0. The van der Waals surface area contributed by atoms with Gasteiger partial charge in [0, 0.05) is 4.91 Å². The number of thiol groups is 1. The first-order valence-electron chi connectivity index (χ1n) is 6.66. The van der Waals surface area contributed by atoms with Crippen LogP contribution in [0.2, 0.25) is 0 Å². The molecule has 0 spiro atoms. The van der Waals surface area contributed by atoms with Crippen LogP contribution in [0.4, 0.5) is 0 Å². The molecule has 0 amide bonds. The van der Waals surface area contributed by atoms with Gasteiger partial charge in [0.15, 0.2) is 0 Å². The lowest BCUT2D eigenvalue weighted by atomic mass is 9.93. The van der Waals surface area contributed by atoms with Gasteiger partial charge in [-0.3, -0.25) is 0 Å². The summed E-state index contributed by atoms with van der Waals surface area (Å²) in [6.45, 7) is 9.77. The molecule has 0 aromatic carbocycles. The molecular formula is C15H25NS. The first kappa shape index (κ1) is 14.6. The van der Waals surface area contributed by atoms with Crippen molar-refractivity contribution in [3.05, 3.63) is 35.8 Å². The van der Waals surface area contributed by atoms with E-state index in [4.69, 9.17) is 0 Å². The van der Waals surface area contributed by atoms with Crippen LogP contribution in [0.3, 0.4) is 0 Å². The molecule has 2 heteroatoms. The smallest absolute Gasteiger partial charge is 0.00339 e. The zero-order valence-electron chi connectivity index (χ0n) is 10.9. The molecule has 0 aromatic rings. The third kappa shape index (κ3) is 6.13. The fourth-order valence-corrected chi connectivity index (χ4v) is 2.35. The van der Waals surface area contributed by atoms with Crippen molar-refractivity contribution in [2.24, 2.45) is 5.92 Å². The Morgan fingerprint density at radius 3 is 2.71 bits per heavy atom. The van der Waals surface area contributed by atoms with E-state index in [0.29, 0.717) is 0 Å². The predicted molar refractivity (Wildman–Crippen MR) is 80.5 cm³/mol. The number of hydrogen-bond donors (Lipinski definition) is 1. The van der Waals surface area contributed by atoms with Gasteiger partial charge in [-0.15, -0.1) is 12.6 Å². The third-order valence-corrected chi connectivity index (χ3v) is 3.66. The summed E-state index contributed by atoms with van der Waals surface area (Å²) >= 11 is 4.25. The van der Waals surface area contributed by atoms with Crippen molar-refractivity contribution in [3.63, 3.8) is 0 Å². The quantitative estimate of drug-likeness (QED) is 0.550. The van der Waals surface area contributed by atoms with E-state index in [1.165, 1.54) is 45.3 Å². The molecule has 1 aliphatic heterocycles. The second-order valence-corrected chi connectivity index (χ2v) is 5.26. The van der Waals surface area contributed by atoms with Gasteiger partial charge in [0.1, 0.15) is 0 Å². The van der Waals surface area contributed by atoms with Gasteiger partial charge in [0.2, 0.25) is 0 Å². The Bertz CT molecular complexity index is 273. The van der Waals surface area contributed by atoms with Gasteiger partial charge >= 0.3 is 0 Å². The van der Waals surface area contributed by atoms with E-state index < -0.39 is 0 Å². The molecule has 0 radical (unpaired) electrons. The summed E-state index contributed by atoms with van der Waals surface area (Å²) in [6, 6.07) is 0. The van der Waals surface area contributed by atoms with Crippen LogP contribution >= 0.6 is 12.6 Å². The highest BCUT2D eigenvalue weighted by molar-refractivity contribution is 7.84. The zero-order valence-corrected chi connectivity index (χ0v) is 11.8. The van der Waals surface area contributed by atoms with Crippen LogP contribution in [0.5, 0.6) is 0 Å². The largest absolute Gasteiger partial charge is 0.303 e. The molecule has 1 fully saturated rings. The van der Waals surface area contributed by atoms with Crippen molar-refractivity contribution in [1.82, 2.24) is 4.90 Å². The average molecular weight is 251 g/mol. The number of hydrogen-bond acceptors (Lipinski definition) is 2. The van der Waals surface area contributed by atoms with Crippen molar-refractivity contribution in [3.8, 4) is 0 Å². The van der Waals surface area contributed by atoms with Crippen LogP contribution in [0.25, 0.3) is 0 Å². The van der Waals surface area contributed by atoms with E-state index in [2.05, 4.69) is 43.2 Å². The maximum absolute atomic E-state index is 4.25. The Balaban J connectivity index is 2.20. The highest BCUT2D eigenvalue weighted by atomic mass is 32.1. The first-order chi connectivity index (χ1) is 8.26. The average Bonchev–Trinajstić information content (AvgIpc) is 2.36. The van der Waals surface area contributed by atoms with Crippen LogP contribution in [-0.2, 0) is 0 Å². The topological polar surface area (TPSA) is 3.24 Å². The van der Waals surface area contributed by atoms with Crippen molar-refractivity contribution >= 4 is 12.6 Å². The molecule has 0 aromatic heterocycles. The summed E-state index contributed by atoms with van der Waals surface area (Å²) in [5.74, 6) is 0.875. The van der Waals surface area contributed by atoms with Crippen LogP contribution in [0.15, 0.2) is 35.8 Å². The number of rotatable bonds is 6. The lowest BCUT2D eigenvalue weighted by Crippen LogP contribution is -2.34. The molecule has 0 unspecified atom stereocenters. The molecule has 1 nitrogen and oxygen atoms in total. The van der Waals surface area contributed by atoms with Gasteiger partial charge in [0.25, 0.3) is 0 Å². The van der Waals surface area contributed by atoms with Crippen molar-refractivity contribution in [2.75, 3.05) is 19.6 Å². The van der Waals surface area contributed by atoms with Gasteiger partial charge in [0.05, 0.1) is 0 Å². The molecule has 0 aliphatic carbocycles. The Morgan fingerprint density at radius 1 is 1.41 bits per heavy atom. The van der Waals surface area contributed by atoms with Gasteiger partial charge in [-0.1, -0.05) is 31.7 Å². The van der Waals surface area contributed by atoms with E-state index in [0.717, 1.165) is 10.8 Å². The van der Waals surface area contributed by atoms with E-state index in [-0.39, 0.29) is 0 Å². The SMILES string of the molecule is C=C/C(S)=C\C=C/CC1CCN(CCC)CC1. The summed E-state index contributed by atoms with van der Waals surface area (Å²) in [4.78, 5) is 3.52. The Morgan fingerprint density at radius 2 is 2.12 bits per heavy atom. The minimum atomic E-state index is 0.875. The highest BCUT2D eigenvalue weighted by Gasteiger charge is 2.16. The number of allylic oxidation sites excluding steroid dienone is 4.